The molecule has 0 bridgehead atoms. The number of ether oxygens (including phenoxy) is 2. The number of amides is 2. The molecule has 1 atom stereocenters. The summed E-state index contributed by atoms with van der Waals surface area (Å²) in [4.78, 5) is 30.2. The molecular weight excluding hydrogens is 460 g/mol. The molecule has 1 aliphatic carbocycles. The van der Waals surface area contributed by atoms with Crippen LogP contribution in [0.2, 0.25) is 0 Å². The molecule has 0 spiro atoms. The Labute approximate surface area is 210 Å². The minimum atomic E-state index is -0.803. The Kier molecular flexibility index (Phi) is 8.42. The van der Waals surface area contributed by atoms with Crippen LogP contribution in [0.4, 0.5) is 0 Å². The molecule has 1 saturated carbocycles. The largest absolute Gasteiger partial charge is 0.493 e. The van der Waals surface area contributed by atoms with Crippen molar-refractivity contribution in [1.82, 2.24) is 10.2 Å². The Morgan fingerprint density at radius 3 is 2.40 bits per heavy atom. The number of hydrogen-bond donors (Lipinski definition) is 1. The second kappa shape index (κ2) is 11.9. The molecule has 184 valence electrons. The van der Waals surface area contributed by atoms with Gasteiger partial charge in [-0.05, 0) is 47.5 Å². The van der Waals surface area contributed by atoms with Crippen LogP contribution in [-0.4, -0.2) is 37.0 Å². The quantitative estimate of drug-likeness (QED) is 0.426. The number of methoxy groups -OCH3 is 2. The van der Waals surface area contributed by atoms with Gasteiger partial charge in [0.2, 0.25) is 11.8 Å². The van der Waals surface area contributed by atoms with E-state index in [1.165, 1.54) is 0 Å². The van der Waals surface area contributed by atoms with Gasteiger partial charge in [-0.3, -0.25) is 9.59 Å². The van der Waals surface area contributed by atoms with Crippen LogP contribution in [0.1, 0.15) is 47.7 Å². The summed E-state index contributed by atoms with van der Waals surface area (Å²) in [5.74, 6) is 0.831. The van der Waals surface area contributed by atoms with E-state index in [1.54, 1.807) is 42.6 Å². The summed E-state index contributed by atoms with van der Waals surface area (Å²) in [6, 6.07) is 18.4. The number of rotatable bonds is 10. The van der Waals surface area contributed by atoms with E-state index in [-0.39, 0.29) is 24.3 Å². The average Bonchev–Trinajstić information content (AvgIpc) is 3.58. The highest BCUT2D eigenvalue weighted by Crippen LogP contribution is 2.34. The molecule has 1 aliphatic rings. The first kappa shape index (κ1) is 24.8. The molecule has 1 fully saturated rings. The maximum Gasteiger partial charge on any atom is 0.247 e. The summed E-state index contributed by atoms with van der Waals surface area (Å²) in [6.45, 7) is 0.322. The summed E-state index contributed by atoms with van der Waals surface area (Å²) in [6.07, 6.45) is 4.39. The Morgan fingerprint density at radius 1 is 1.00 bits per heavy atom. The van der Waals surface area contributed by atoms with E-state index in [9.17, 15) is 9.59 Å². The van der Waals surface area contributed by atoms with Crippen molar-refractivity contribution in [2.75, 3.05) is 14.2 Å². The van der Waals surface area contributed by atoms with Crippen molar-refractivity contribution in [2.24, 2.45) is 0 Å². The number of hydrogen-bond acceptors (Lipinski definition) is 5. The highest BCUT2D eigenvalue weighted by molar-refractivity contribution is 7.10. The predicted octanol–water partition coefficient (Wildman–Crippen LogP) is 5.14. The van der Waals surface area contributed by atoms with Gasteiger partial charge in [0.1, 0.15) is 6.04 Å². The topological polar surface area (TPSA) is 67.9 Å². The lowest BCUT2D eigenvalue weighted by Gasteiger charge is -2.32. The van der Waals surface area contributed by atoms with E-state index >= 15 is 0 Å². The SMILES string of the molecule is COc1ccc(C(C(=O)NC2CCCC2)N(Cc2ccccc2)C(=O)Cc2cccs2)cc1OC. The molecule has 1 N–H and O–H groups in total. The van der Waals surface area contributed by atoms with E-state index in [1.807, 2.05) is 53.9 Å². The van der Waals surface area contributed by atoms with Crippen molar-refractivity contribution < 1.29 is 19.1 Å². The zero-order chi connectivity index (χ0) is 24.6. The average molecular weight is 493 g/mol. The third kappa shape index (κ3) is 6.22. The molecule has 4 rings (SSSR count). The van der Waals surface area contributed by atoms with Gasteiger partial charge in [-0.15, -0.1) is 11.3 Å². The van der Waals surface area contributed by atoms with Gasteiger partial charge in [0.25, 0.3) is 0 Å². The summed E-state index contributed by atoms with van der Waals surface area (Å²) < 4.78 is 10.9. The Balaban J connectivity index is 1.74. The van der Waals surface area contributed by atoms with Gasteiger partial charge in [0.15, 0.2) is 11.5 Å². The minimum absolute atomic E-state index is 0.0994. The van der Waals surface area contributed by atoms with E-state index in [2.05, 4.69) is 5.32 Å². The van der Waals surface area contributed by atoms with Crippen molar-refractivity contribution in [2.45, 2.75) is 50.7 Å². The first-order valence-corrected chi connectivity index (χ1v) is 12.8. The number of thiophene rings is 1. The van der Waals surface area contributed by atoms with Crippen molar-refractivity contribution in [3.8, 4) is 11.5 Å². The molecule has 35 heavy (non-hydrogen) atoms. The third-order valence-corrected chi connectivity index (χ3v) is 7.28. The summed E-state index contributed by atoms with van der Waals surface area (Å²) in [7, 11) is 3.15. The fourth-order valence-corrected chi connectivity index (χ4v) is 5.31. The predicted molar refractivity (Wildman–Crippen MR) is 138 cm³/mol. The maximum absolute atomic E-state index is 13.8. The van der Waals surface area contributed by atoms with Crippen molar-refractivity contribution in [1.29, 1.82) is 0 Å². The van der Waals surface area contributed by atoms with Crippen molar-refractivity contribution in [3.05, 3.63) is 82.0 Å². The number of nitrogens with zero attached hydrogens (tertiary/aromatic N) is 1. The normalized spacial score (nSPS) is 14.3. The van der Waals surface area contributed by atoms with Crippen LogP contribution in [0.3, 0.4) is 0 Å². The summed E-state index contributed by atoms with van der Waals surface area (Å²) in [5, 5.41) is 5.18. The maximum atomic E-state index is 13.8. The fraction of sp³-hybridized carbons (Fsp3) is 0.357. The number of nitrogens with one attached hydrogen (secondary N) is 1. The molecule has 0 saturated heterocycles. The van der Waals surface area contributed by atoms with Crippen molar-refractivity contribution in [3.63, 3.8) is 0 Å². The summed E-state index contributed by atoms with van der Waals surface area (Å²) >= 11 is 1.54. The lowest BCUT2D eigenvalue weighted by atomic mass is 10.0. The minimum Gasteiger partial charge on any atom is -0.493 e. The van der Waals surface area contributed by atoms with E-state index in [0.29, 0.717) is 23.6 Å². The highest BCUT2D eigenvalue weighted by atomic mass is 32.1. The molecule has 0 radical (unpaired) electrons. The second-order valence-electron chi connectivity index (χ2n) is 8.77. The highest BCUT2D eigenvalue weighted by Gasteiger charge is 2.34. The molecule has 0 aliphatic heterocycles. The number of carbonyl (C=O) groups is 2. The zero-order valence-electron chi connectivity index (χ0n) is 20.2. The first-order valence-electron chi connectivity index (χ1n) is 12.0. The smallest absolute Gasteiger partial charge is 0.247 e. The van der Waals surface area contributed by atoms with Crippen LogP contribution in [0.15, 0.2) is 66.0 Å². The second-order valence-corrected chi connectivity index (χ2v) is 9.80. The first-order chi connectivity index (χ1) is 17.1. The van der Waals surface area contributed by atoms with Crippen molar-refractivity contribution >= 4 is 23.2 Å². The molecule has 1 unspecified atom stereocenters. The Morgan fingerprint density at radius 2 is 1.74 bits per heavy atom. The summed E-state index contributed by atoms with van der Waals surface area (Å²) in [5.41, 5.74) is 1.65. The van der Waals surface area contributed by atoms with Crippen LogP contribution >= 0.6 is 11.3 Å². The van der Waals surface area contributed by atoms with Crippen LogP contribution < -0.4 is 14.8 Å². The molecule has 1 heterocycles. The number of carbonyl (C=O) groups excluding carboxylic acids is 2. The van der Waals surface area contributed by atoms with Crippen LogP contribution in [0.5, 0.6) is 11.5 Å². The van der Waals surface area contributed by atoms with Gasteiger partial charge in [0.05, 0.1) is 20.6 Å². The molecule has 7 heteroatoms. The van der Waals surface area contributed by atoms with Gasteiger partial charge >= 0.3 is 0 Å². The van der Waals surface area contributed by atoms with E-state index in [4.69, 9.17) is 9.47 Å². The van der Waals surface area contributed by atoms with E-state index < -0.39 is 6.04 Å². The lowest BCUT2D eigenvalue weighted by Crippen LogP contribution is -2.46. The molecule has 3 aromatic rings. The van der Waals surface area contributed by atoms with Gasteiger partial charge < -0.3 is 19.7 Å². The number of benzene rings is 2. The molecule has 2 amide bonds. The molecule has 1 aromatic heterocycles. The standard InChI is InChI=1S/C28H32N2O4S/c1-33-24-15-14-21(17-25(24)34-2)27(28(32)29-22-11-6-7-12-22)30(19-20-9-4-3-5-10-20)26(31)18-23-13-8-16-35-23/h3-5,8-10,13-17,22,27H,6-7,11-12,18-19H2,1-2H3,(H,29,32). The lowest BCUT2D eigenvalue weighted by molar-refractivity contribution is -0.141. The monoisotopic (exact) mass is 492 g/mol. The van der Waals surface area contributed by atoms with E-state index in [0.717, 1.165) is 36.1 Å². The van der Waals surface area contributed by atoms with Gasteiger partial charge in [-0.1, -0.05) is 55.3 Å². The van der Waals surface area contributed by atoms with Gasteiger partial charge in [0, 0.05) is 17.5 Å². The van der Waals surface area contributed by atoms with Gasteiger partial charge in [-0.25, -0.2) is 0 Å². The Bertz CT molecular complexity index is 1110. The molecular formula is C28H32N2O4S. The van der Waals surface area contributed by atoms with Crippen LogP contribution in [0, 0.1) is 0 Å². The van der Waals surface area contributed by atoms with Crippen LogP contribution in [0.25, 0.3) is 0 Å². The molecule has 6 nitrogen and oxygen atoms in total. The van der Waals surface area contributed by atoms with Crippen LogP contribution in [-0.2, 0) is 22.6 Å². The fourth-order valence-electron chi connectivity index (χ4n) is 4.61. The zero-order valence-corrected chi connectivity index (χ0v) is 21.1. The molecule has 2 aromatic carbocycles. The Hall–Kier alpha value is -3.32. The van der Waals surface area contributed by atoms with Gasteiger partial charge in [-0.2, -0.15) is 0 Å². The third-order valence-electron chi connectivity index (χ3n) is 6.41.